The first-order chi connectivity index (χ1) is 34.9. The van der Waals surface area contributed by atoms with E-state index in [9.17, 15) is 9.59 Å². The number of rotatable bonds is 40. The zero-order valence-corrected chi connectivity index (χ0v) is 47.0. The maximum absolute atomic E-state index is 12.9. The molecule has 0 spiro atoms. The minimum Gasteiger partial charge on any atom is -0.462 e. The summed E-state index contributed by atoms with van der Waals surface area (Å²) in [5.74, 6) is -0.442. The molecule has 5 rings (SSSR count). The highest BCUT2D eigenvalue weighted by atomic mass is 32.1. The second kappa shape index (κ2) is 35.6. The molecular weight excluding hydrogens is 909 g/mol. The molecule has 1 aliphatic carbocycles. The van der Waals surface area contributed by atoms with Crippen molar-refractivity contribution < 1.29 is 19.1 Å². The SMILES string of the molecule is CCCCCCCCCCCCCCCCCCOC(=O)c1ccc(-c2cc(C3=C(c4cc(-c5ccc(C(=O)OCCCCCCCCCCCCCCCCCC)cc5)sc4C)CCC3)c(C)s2)cc1. The van der Waals surface area contributed by atoms with Crippen LogP contribution in [0.4, 0.5) is 0 Å². The number of thiophene rings is 2. The second-order valence-corrected chi connectivity index (χ2v) is 23.5. The van der Waals surface area contributed by atoms with Crippen molar-refractivity contribution in [2.45, 2.75) is 252 Å². The number of aryl methyl sites for hydroxylation is 2. The molecule has 0 atom stereocenters. The number of carbonyl (C=O) groups is 2. The summed E-state index contributed by atoms with van der Waals surface area (Å²) in [4.78, 5) is 30.9. The number of hydrogen-bond donors (Lipinski definition) is 0. The third-order valence-electron chi connectivity index (χ3n) is 15.0. The van der Waals surface area contributed by atoms with Gasteiger partial charge in [0.1, 0.15) is 0 Å². The first kappa shape index (κ1) is 58.4. The van der Waals surface area contributed by atoms with Crippen molar-refractivity contribution in [2.24, 2.45) is 0 Å². The maximum Gasteiger partial charge on any atom is 0.338 e. The van der Waals surface area contributed by atoms with Crippen LogP contribution in [0.5, 0.6) is 0 Å². The van der Waals surface area contributed by atoms with Crippen molar-refractivity contribution in [1.29, 1.82) is 0 Å². The Morgan fingerprint density at radius 1 is 0.394 bits per heavy atom. The summed E-state index contributed by atoms with van der Waals surface area (Å²) in [7, 11) is 0. The lowest BCUT2D eigenvalue weighted by Gasteiger charge is -2.08. The average molecular weight is 1010 g/mol. The fourth-order valence-electron chi connectivity index (χ4n) is 10.5. The van der Waals surface area contributed by atoms with Gasteiger partial charge in [-0.05, 0) is 116 Å². The van der Waals surface area contributed by atoms with Crippen LogP contribution in [-0.2, 0) is 9.47 Å². The standard InChI is InChI=1S/C65H96O4S2/c1-5-7-9-11-13-15-17-19-21-23-25-27-29-31-33-35-48-68-64(66)56-44-40-54(41-45-56)62-50-60(52(3)70-62)58-38-37-39-59(58)61-51-63(71-53(61)4)55-42-46-57(47-43-55)65(67)69-49-36-34-32-30-28-26-24-22-20-18-16-14-12-10-8-6-2/h40-47,50-51H,5-39,48-49H2,1-4H3. The predicted octanol–water partition coefficient (Wildman–Crippen LogP) is 21.7. The van der Waals surface area contributed by atoms with Gasteiger partial charge >= 0.3 is 11.9 Å². The number of hydrogen-bond acceptors (Lipinski definition) is 6. The minimum absolute atomic E-state index is 0.221. The summed E-state index contributed by atoms with van der Waals surface area (Å²) in [5.41, 5.74) is 9.17. The Labute approximate surface area is 441 Å². The number of ether oxygens (including phenoxy) is 2. The lowest BCUT2D eigenvalue weighted by atomic mass is 9.96. The van der Waals surface area contributed by atoms with E-state index in [0.29, 0.717) is 24.3 Å². The van der Waals surface area contributed by atoms with Gasteiger partial charge in [0, 0.05) is 19.5 Å². The summed E-state index contributed by atoms with van der Waals surface area (Å²) in [6, 6.07) is 20.7. The third-order valence-corrected chi connectivity index (χ3v) is 17.2. The molecule has 392 valence electrons. The van der Waals surface area contributed by atoms with Crippen LogP contribution in [0.15, 0.2) is 60.7 Å². The summed E-state index contributed by atoms with van der Waals surface area (Å²) in [6.07, 6.45) is 46.0. The monoisotopic (exact) mass is 1000 g/mol. The molecule has 4 nitrogen and oxygen atoms in total. The Kier molecular flexibility index (Phi) is 29.3. The van der Waals surface area contributed by atoms with Gasteiger partial charge in [-0.1, -0.05) is 231 Å². The molecule has 6 heteroatoms. The molecule has 0 radical (unpaired) electrons. The van der Waals surface area contributed by atoms with E-state index in [4.69, 9.17) is 9.47 Å². The van der Waals surface area contributed by atoms with Crippen LogP contribution in [0.1, 0.15) is 280 Å². The molecular formula is C65H96O4S2. The molecule has 4 aromatic rings. The Morgan fingerprint density at radius 3 is 0.944 bits per heavy atom. The zero-order valence-electron chi connectivity index (χ0n) is 45.4. The van der Waals surface area contributed by atoms with Crippen LogP contribution in [0.3, 0.4) is 0 Å². The van der Waals surface area contributed by atoms with Gasteiger partial charge in [0.25, 0.3) is 0 Å². The van der Waals surface area contributed by atoms with E-state index in [-0.39, 0.29) is 11.9 Å². The van der Waals surface area contributed by atoms with Crippen LogP contribution in [0, 0.1) is 13.8 Å². The highest BCUT2D eigenvalue weighted by molar-refractivity contribution is 7.16. The van der Waals surface area contributed by atoms with Crippen LogP contribution < -0.4 is 0 Å². The molecule has 0 saturated carbocycles. The van der Waals surface area contributed by atoms with E-state index >= 15 is 0 Å². The van der Waals surface area contributed by atoms with Gasteiger partial charge in [0.15, 0.2) is 0 Å². The lowest BCUT2D eigenvalue weighted by molar-refractivity contribution is 0.0488. The first-order valence-corrected chi connectivity index (χ1v) is 31.0. The zero-order chi connectivity index (χ0) is 50.1. The Hall–Kier alpha value is -3.48. The number of esters is 2. The van der Waals surface area contributed by atoms with Crippen LogP contribution in [0.2, 0.25) is 0 Å². The van der Waals surface area contributed by atoms with Crippen molar-refractivity contribution in [3.63, 3.8) is 0 Å². The summed E-state index contributed by atoms with van der Waals surface area (Å²) >= 11 is 3.68. The fourth-order valence-corrected chi connectivity index (χ4v) is 12.6. The molecule has 0 amide bonds. The molecule has 0 unspecified atom stereocenters. The first-order valence-electron chi connectivity index (χ1n) is 29.4. The van der Waals surface area contributed by atoms with Gasteiger partial charge in [-0.3, -0.25) is 0 Å². The largest absolute Gasteiger partial charge is 0.462 e. The van der Waals surface area contributed by atoms with E-state index in [0.717, 1.165) is 56.1 Å². The topological polar surface area (TPSA) is 52.6 Å². The molecule has 0 aliphatic heterocycles. The molecule has 0 saturated heterocycles. The van der Waals surface area contributed by atoms with Gasteiger partial charge in [0.05, 0.1) is 24.3 Å². The lowest BCUT2D eigenvalue weighted by Crippen LogP contribution is -2.06. The van der Waals surface area contributed by atoms with Crippen molar-refractivity contribution in [1.82, 2.24) is 0 Å². The van der Waals surface area contributed by atoms with Gasteiger partial charge in [0.2, 0.25) is 0 Å². The van der Waals surface area contributed by atoms with Crippen molar-refractivity contribution in [3.8, 4) is 20.9 Å². The Balaban J connectivity index is 0.973. The highest BCUT2D eigenvalue weighted by Gasteiger charge is 2.24. The van der Waals surface area contributed by atoms with Crippen molar-refractivity contribution in [3.05, 3.63) is 92.7 Å². The normalized spacial score (nSPS) is 12.6. The van der Waals surface area contributed by atoms with Crippen molar-refractivity contribution in [2.75, 3.05) is 13.2 Å². The average Bonchev–Trinajstić information content (AvgIpc) is 4.13. The molecule has 0 bridgehead atoms. The van der Waals surface area contributed by atoms with E-state index in [2.05, 4.69) is 64.1 Å². The Morgan fingerprint density at radius 2 is 0.662 bits per heavy atom. The number of carbonyl (C=O) groups excluding carboxylic acids is 2. The summed E-state index contributed by atoms with van der Waals surface area (Å²) in [5, 5.41) is 0. The molecule has 2 aromatic heterocycles. The van der Waals surface area contributed by atoms with Gasteiger partial charge in [-0.25, -0.2) is 9.59 Å². The summed E-state index contributed by atoms with van der Waals surface area (Å²) in [6.45, 7) is 10.1. The minimum atomic E-state index is -0.221. The molecule has 0 fully saturated rings. The molecule has 0 N–H and O–H groups in total. The van der Waals surface area contributed by atoms with E-state index < -0.39 is 0 Å². The molecule has 71 heavy (non-hydrogen) atoms. The van der Waals surface area contributed by atoms with Gasteiger partial charge in [-0.2, -0.15) is 0 Å². The van der Waals surface area contributed by atoms with Gasteiger partial charge in [-0.15, -0.1) is 22.7 Å². The van der Waals surface area contributed by atoms with E-state index in [1.54, 1.807) is 0 Å². The highest BCUT2D eigenvalue weighted by Crippen LogP contribution is 2.47. The van der Waals surface area contributed by atoms with Crippen LogP contribution in [0.25, 0.3) is 32.0 Å². The molecule has 1 aliphatic rings. The smallest absolute Gasteiger partial charge is 0.338 e. The quantitative estimate of drug-likeness (QED) is 0.0329. The third kappa shape index (κ3) is 21.9. The van der Waals surface area contributed by atoms with Crippen LogP contribution in [-0.4, -0.2) is 25.2 Å². The number of unbranched alkanes of at least 4 members (excludes halogenated alkanes) is 30. The fraction of sp³-hybridized carbons (Fsp3) is 0.631. The number of allylic oxidation sites excluding steroid dienone is 2. The molecule has 2 aromatic carbocycles. The van der Waals surface area contributed by atoms with E-state index in [1.807, 2.05) is 46.9 Å². The molecule has 2 heterocycles. The predicted molar refractivity (Wildman–Crippen MR) is 309 cm³/mol. The Bertz CT molecular complexity index is 1940. The maximum atomic E-state index is 12.9. The van der Waals surface area contributed by atoms with E-state index in [1.165, 1.54) is 222 Å². The summed E-state index contributed by atoms with van der Waals surface area (Å²) < 4.78 is 11.4. The van der Waals surface area contributed by atoms with Gasteiger partial charge < -0.3 is 9.47 Å². The van der Waals surface area contributed by atoms with Crippen LogP contribution >= 0.6 is 22.7 Å². The second-order valence-electron chi connectivity index (χ2n) is 21.0. The number of benzene rings is 2. The van der Waals surface area contributed by atoms with Crippen molar-refractivity contribution >= 4 is 45.8 Å².